The second kappa shape index (κ2) is 5.38. The number of halogens is 2. The molecule has 0 radical (unpaired) electrons. The quantitative estimate of drug-likeness (QED) is 0.743. The van der Waals surface area contributed by atoms with Gasteiger partial charge in [-0.25, -0.2) is 0 Å². The first-order chi connectivity index (χ1) is 8.97. The van der Waals surface area contributed by atoms with E-state index in [0.29, 0.717) is 32.7 Å². The van der Waals surface area contributed by atoms with Crippen LogP contribution in [0.2, 0.25) is 10.0 Å². The van der Waals surface area contributed by atoms with E-state index in [1.165, 1.54) is 6.07 Å². The van der Waals surface area contributed by atoms with Crippen LogP contribution in [0.3, 0.4) is 0 Å². The van der Waals surface area contributed by atoms with Crippen molar-refractivity contribution in [2.45, 2.75) is 0 Å². The topological polar surface area (TPSA) is 81.1 Å². The third-order valence-corrected chi connectivity index (χ3v) is 3.06. The molecule has 0 saturated heterocycles. The molecule has 0 spiro atoms. The maximum atomic E-state index is 12.1. The molecule has 4 nitrogen and oxygen atoms in total. The molecule has 19 heavy (non-hydrogen) atoms. The minimum atomic E-state index is -0.373. The maximum absolute atomic E-state index is 12.1. The highest BCUT2D eigenvalue weighted by molar-refractivity contribution is 6.36. The monoisotopic (exact) mass is 295 g/mol. The maximum Gasteiger partial charge on any atom is 0.257 e. The molecule has 0 aliphatic heterocycles. The number of carbonyl (C=O) groups is 1. The standard InChI is InChI=1S/C13H11Cl2N3O/c14-7-1-4-10(15)12(5-7)18-13(19)9-3-2-8(16)6-11(9)17/h1-6H,16-17H2,(H,18,19). The Morgan fingerprint density at radius 1 is 1.05 bits per heavy atom. The average Bonchev–Trinajstić information content (AvgIpc) is 2.33. The van der Waals surface area contributed by atoms with E-state index in [2.05, 4.69) is 5.32 Å². The average molecular weight is 296 g/mol. The fourth-order valence-corrected chi connectivity index (χ4v) is 1.91. The van der Waals surface area contributed by atoms with Crippen LogP contribution in [0.1, 0.15) is 10.4 Å². The van der Waals surface area contributed by atoms with Crippen molar-refractivity contribution in [2.24, 2.45) is 0 Å². The molecule has 0 bridgehead atoms. The first-order valence-electron chi connectivity index (χ1n) is 5.39. The molecule has 0 aromatic heterocycles. The minimum Gasteiger partial charge on any atom is -0.399 e. The zero-order chi connectivity index (χ0) is 14.0. The van der Waals surface area contributed by atoms with Crippen LogP contribution >= 0.6 is 23.2 Å². The lowest BCUT2D eigenvalue weighted by molar-refractivity contribution is 0.102. The summed E-state index contributed by atoms with van der Waals surface area (Å²) in [6.45, 7) is 0. The van der Waals surface area contributed by atoms with Crippen molar-refractivity contribution in [3.05, 3.63) is 52.0 Å². The molecular formula is C13H11Cl2N3O. The summed E-state index contributed by atoms with van der Waals surface area (Å²) in [5.74, 6) is -0.373. The van der Waals surface area contributed by atoms with Crippen molar-refractivity contribution in [1.29, 1.82) is 0 Å². The molecule has 0 aliphatic rings. The summed E-state index contributed by atoms with van der Waals surface area (Å²) < 4.78 is 0. The summed E-state index contributed by atoms with van der Waals surface area (Å²) in [5, 5.41) is 3.52. The second-order valence-electron chi connectivity index (χ2n) is 3.92. The third kappa shape index (κ3) is 3.10. The molecular weight excluding hydrogens is 285 g/mol. The molecule has 98 valence electrons. The van der Waals surface area contributed by atoms with Gasteiger partial charge in [0.15, 0.2) is 0 Å². The van der Waals surface area contributed by atoms with Crippen LogP contribution in [-0.4, -0.2) is 5.91 Å². The molecule has 5 N–H and O–H groups in total. The van der Waals surface area contributed by atoms with Gasteiger partial charge in [0.1, 0.15) is 0 Å². The number of nitrogens with two attached hydrogens (primary N) is 2. The van der Waals surface area contributed by atoms with E-state index in [9.17, 15) is 4.79 Å². The number of anilines is 3. The van der Waals surface area contributed by atoms with Gasteiger partial charge in [-0.3, -0.25) is 4.79 Å². The minimum absolute atomic E-state index is 0.302. The van der Waals surface area contributed by atoms with Gasteiger partial charge in [-0.15, -0.1) is 0 Å². The normalized spacial score (nSPS) is 10.2. The Balaban J connectivity index is 2.28. The van der Waals surface area contributed by atoms with Crippen molar-refractivity contribution in [1.82, 2.24) is 0 Å². The smallest absolute Gasteiger partial charge is 0.257 e. The Kier molecular flexibility index (Phi) is 3.83. The summed E-state index contributed by atoms with van der Waals surface area (Å²) in [6.07, 6.45) is 0. The first kappa shape index (κ1) is 13.5. The molecule has 0 atom stereocenters. The number of nitrogen functional groups attached to an aromatic ring is 2. The number of rotatable bonds is 2. The van der Waals surface area contributed by atoms with E-state index in [1.54, 1.807) is 30.3 Å². The van der Waals surface area contributed by atoms with Crippen LogP contribution in [0.4, 0.5) is 17.1 Å². The van der Waals surface area contributed by atoms with Crippen LogP contribution in [-0.2, 0) is 0 Å². The lowest BCUT2D eigenvalue weighted by Gasteiger charge is -2.09. The van der Waals surface area contributed by atoms with Crippen LogP contribution in [0.5, 0.6) is 0 Å². The Morgan fingerprint density at radius 2 is 1.79 bits per heavy atom. The SMILES string of the molecule is Nc1ccc(C(=O)Nc2cc(Cl)ccc2Cl)c(N)c1. The van der Waals surface area contributed by atoms with Crippen molar-refractivity contribution < 1.29 is 4.79 Å². The number of nitrogens with one attached hydrogen (secondary N) is 1. The van der Waals surface area contributed by atoms with Crippen molar-refractivity contribution in [3.8, 4) is 0 Å². The lowest BCUT2D eigenvalue weighted by Crippen LogP contribution is -2.14. The van der Waals surface area contributed by atoms with Gasteiger partial charge in [-0.05, 0) is 36.4 Å². The largest absolute Gasteiger partial charge is 0.399 e. The van der Waals surface area contributed by atoms with E-state index >= 15 is 0 Å². The Morgan fingerprint density at radius 3 is 2.47 bits per heavy atom. The number of amides is 1. The zero-order valence-corrected chi connectivity index (χ0v) is 11.3. The van der Waals surface area contributed by atoms with Gasteiger partial charge in [0.2, 0.25) is 0 Å². The molecule has 6 heteroatoms. The molecule has 0 heterocycles. The Labute approximate surface area is 120 Å². The highest BCUT2D eigenvalue weighted by atomic mass is 35.5. The van der Waals surface area contributed by atoms with Gasteiger partial charge < -0.3 is 16.8 Å². The van der Waals surface area contributed by atoms with Crippen LogP contribution < -0.4 is 16.8 Å². The van der Waals surface area contributed by atoms with E-state index in [4.69, 9.17) is 34.7 Å². The second-order valence-corrected chi connectivity index (χ2v) is 4.77. The van der Waals surface area contributed by atoms with Gasteiger partial charge >= 0.3 is 0 Å². The Hall–Kier alpha value is -1.91. The highest BCUT2D eigenvalue weighted by Crippen LogP contribution is 2.26. The van der Waals surface area contributed by atoms with Crippen molar-refractivity contribution >= 4 is 46.2 Å². The molecule has 0 aliphatic carbocycles. The molecule has 2 aromatic carbocycles. The molecule has 0 unspecified atom stereocenters. The Bertz CT molecular complexity index is 644. The lowest BCUT2D eigenvalue weighted by atomic mass is 10.1. The summed E-state index contributed by atoms with van der Waals surface area (Å²) in [5.41, 5.74) is 12.9. The number of hydrogen-bond donors (Lipinski definition) is 3. The fourth-order valence-electron chi connectivity index (χ4n) is 1.57. The van der Waals surface area contributed by atoms with Gasteiger partial charge in [-0.1, -0.05) is 23.2 Å². The third-order valence-electron chi connectivity index (χ3n) is 2.50. The van der Waals surface area contributed by atoms with Gasteiger partial charge in [0.25, 0.3) is 5.91 Å². The van der Waals surface area contributed by atoms with Gasteiger partial charge in [-0.2, -0.15) is 0 Å². The number of hydrogen-bond acceptors (Lipinski definition) is 3. The predicted molar refractivity (Wildman–Crippen MR) is 79.7 cm³/mol. The number of carbonyl (C=O) groups excluding carboxylic acids is 1. The number of benzene rings is 2. The highest BCUT2D eigenvalue weighted by Gasteiger charge is 2.12. The van der Waals surface area contributed by atoms with Gasteiger partial charge in [0, 0.05) is 16.4 Å². The zero-order valence-electron chi connectivity index (χ0n) is 9.78. The van der Waals surface area contributed by atoms with Crippen LogP contribution in [0.25, 0.3) is 0 Å². The molecule has 2 rings (SSSR count). The van der Waals surface area contributed by atoms with E-state index in [-0.39, 0.29) is 5.91 Å². The van der Waals surface area contributed by atoms with E-state index in [0.717, 1.165) is 0 Å². The van der Waals surface area contributed by atoms with E-state index < -0.39 is 0 Å². The molecule has 1 amide bonds. The molecule has 2 aromatic rings. The van der Waals surface area contributed by atoms with Crippen LogP contribution in [0.15, 0.2) is 36.4 Å². The van der Waals surface area contributed by atoms with Gasteiger partial charge in [0.05, 0.1) is 16.3 Å². The summed E-state index contributed by atoms with van der Waals surface area (Å²) in [6, 6.07) is 9.48. The first-order valence-corrected chi connectivity index (χ1v) is 6.14. The summed E-state index contributed by atoms with van der Waals surface area (Å²) in [4.78, 5) is 12.1. The summed E-state index contributed by atoms with van der Waals surface area (Å²) in [7, 11) is 0. The van der Waals surface area contributed by atoms with Crippen LogP contribution in [0, 0.1) is 0 Å². The molecule has 0 fully saturated rings. The van der Waals surface area contributed by atoms with Crippen molar-refractivity contribution in [3.63, 3.8) is 0 Å². The predicted octanol–water partition coefficient (Wildman–Crippen LogP) is 3.41. The van der Waals surface area contributed by atoms with Crippen molar-refractivity contribution in [2.75, 3.05) is 16.8 Å². The molecule has 0 saturated carbocycles. The summed E-state index contributed by atoms with van der Waals surface area (Å²) >= 11 is 11.8. The van der Waals surface area contributed by atoms with E-state index in [1.807, 2.05) is 0 Å². The fraction of sp³-hybridized carbons (Fsp3) is 0.